The summed E-state index contributed by atoms with van der Waals surface area (Å²) in [5.41, 5.74) is 0.685. The van der Waals surface area contributed by atoms with Crippen molar-refractivity contribution in [1.82, 2.24) is 0 Å². The first kappa shape index (κ1) is 9.04. The molecule has 0 aliphatic rings. The molecule has 0 saturated carbocycles. The topological polar surface area (TPSA) is 20.2 Å². The number of aromatic hydroxyl groups is 1. The second-order valence-corrected chi connectivity index (χ2v) is 3.35. The zero-order valence-corrected chi connectivity index (χ0v) is 7.34. The van der Waals surface area contributed by atoms with E-state index >= 15 is 0 Å². The molecular weight excluding hydrogens is 155 g/mol. The van der Waals surface area contributed by atoms with E-state index < -0.39 is 5.82 Å². The fraction of sp³-hybridized carbons (Fsp3) is 0.400. The Hall–Kier alpha value is -1.05. The molecular formula is C10H13FO. The highest BCUT2D eigenvalue weighted by Gasteiger charge is 2.07. The molecule has 0 aliphatic heterocycles. The van der Waals surface area contributed by atoms with Gasteiger partial charge in [-0.2, -0.15) is 0 Å². The van der Waals surface area contributed by atoms with Gasteiger partial charge in [0.1, 0.15) is 0 Å². The van der Waals surface area contributed by atoms with E-state index in [4.69, 9.17) is 0 Å². The highest BCUT2D eigenvalue weighted by Crippen LogP contribution is 2.22. The molecule has 0 radical (unpaired) electrons. The van der Waals surface area contributed by atoms with Crippen LogP contribution >= 0.6 is 0 Å². The standard InChI is InChI=1S/C10H13FO/c1-7(2)6-8-4-3-5-9(11)10(8)12/h3-5,7,12H,6H2,1-2H3. The summed E-state index contributed by atoms with van der Waals surface area (Å²) < 4.78 is 12.8. The fourth-order valence-electron chi connectivity index (χ4n) is 1.16. The predicted octanol–water partition coefficient (Wildman–Crippen LogP) is 2.73. The van der Waals surface area contributed by atoms with Crippen molar-refractivity contribution in [3.63, 3.8) is 0 Å². The third-order valence-electron chi connectivity index (χ3n) is 1.70. The van der Waals surface area contributed by atoms with Crippen molar-refractivity contribution >= 4 is 0 Å². The first-order valence-corrected chi connectivity index (χ1v) is 4.07. The van der Waals surface area contributed by atoms with E-state index in [2.05, 4.69) is 0 Å². The number of phenolic OH excluding ortho intramolecular Hbond substituents is 1. The van der Waals surface area contributed by atoms with Gasteiger partial charge in [0.2, 0.25) is 0 Å². The third-order valence-corrected chi connectivity index (χ3v) is 1.70. The minimum absolute atomic E-state index is 0.203. The van der Waals surface area contributed by atoms with Crippen LogP contribution in [0.2, 0.25) is 0 Å². The van der Waals surface area contributed by atoms with Crippen LogP contribution in [0.15, 0.2) is 18.2 Å². The molecule has 12 heavy (non-hydrogen) atoms. The molecule has 1 nitrogen and oxygen atoms in total. The molecule has 0 amide bonds. The molecule has 1 aromatic carbocycles. The summed E-state index contributed by atoms with van der Waals surface area (Å²) in [6, 6.07) is 4.63. The van der Waals surface area contributed by atoms with E-state index in [9.17, 15) is 9.50 Å². The van der Waals surface area contributed by atoms with Crippen LogP contribution in [0, 0.1) is 11.7 Å². The lowest BCUT2D eigenvalue weighted by Gasteiger charge is -2.06. The van der Waals surface area contributed by atoms with E-state index in [1.807, 2.05) is 13.8 Å². The van der Waals surface area contributed by atoms with Gasteiger partial charge in [-0.25, -0.2) is 4.39 Å². The van der Waals surface area contributed by atoms with E-state index in [1.165, 1.54) is 6.07 Å². The van der Waals surface area contributed by atoms with Gasteiger partial charge in [-0.3, -0.25) is 0 Å². The van der Waals surface area contributed by atoms with E-state index in [0.29, 0.717) is 17.9 Å². The maximum absolute atomic E-state index is 12.8. The van der Waals surface area contributed by atoms with Gasteiger partial charge >= 0.3 is 0 Å². The van der Waals surface area contributed by atoms with Gasteiger partial charge in [0, 0.05) is 0 Å². The van der Waals surface area contributed by atoms with Crippen molar-refractivity contribution in [1.29, 1.82) is 0 Å². The Morgan fingerprint density at radius 2 is 2.08 bits per heavy atom. The summed E-state index contributed by atoms with van der Waals surface area (Å²) in [5.74, 6) is -0.308. The second kappa shape index (κ2) is 3.57. The fourth-order valence-corrected chi connectivity index (χ4v) is 1.16. The van der Waals surface area contributed by atoms with Crippen LogP contribution in [0.4, 0.5) is 4.39 Å². The normalized spacial score (nSPS) is 10.7. The SMILES string of the molecule is CC(C)Cc1cccc(F)c1O. The summed E-state index contributed by atoms with van der Waals surface area (Å²) in [6.07, 6.45) is 0.712. The van der Waals surface area contributed by atoms with Crippen molar-refractivity contribution in [3.8, 4) is 5.75 Å². The lowest BCUT2D eigenvalue weighted by atomic mass is 10.0. The van der Waals surface area contributed by atoms with Gasteiger partial charge in [0.25, 0.3) is 0 Å². The molecule has 66 valence electrons. The molecule has 1 aromatic rings. The van der Waals surface area contributed by atoms with E-state index in [0.717, 1.165) is 0 Å². The number of phenols is 1. The smallest absolute Gasteiger partial charge is 0.165 e. The summed E-state index contributed by atoms with van der Waals surface area (Å²) in [7, 11) is 0. The minimum atomic E-state index is -0.534. The highest BCUT2D eigenvalue weighted by atomic mass is 19.1. The van der Waals surface area contributed by atoms with Gasteiger partial charge in [0.15, 0.2) is 11.6 Å². The Bertz CT molecular complexity index is 269. The summed E-state index contributed by atoms with van der Waals surface area (Å²) in [4.78, 5) is 0. The van der Waals surface area contributed by atoms with Crippen LogP contribution in [0.1, 0.15) is 19.4 Å². The van der Waals surface area contributed by atoms with Crippen molar-refractivity contribution in [2.24, 2.45) is 5.92 Å². The quantitative estimate of drug-likeness (QED) is 0.719. The predicted molar refractivity (Wildman–Crippen MR) is 46.6 cm³/mol. The maximum atomic E-state index is 12.8. The number of halogens is 1. The van der Waals surface area contributed by atoms with Gasteiger partial charge < -0.3 is 5.11 Å². The van der Waals surface area contributed by atoms with Gasteiger partial charge in [0.05, 0.1) is 0 Å². The van der Waals surface area contributed by atoms with Crippen LogP contribution in [0.5, 0.6) is 5.75 Å². The van der Waals surface area contributed by atoms with E-state index in [-0.39, 0.29) is 5.75 Å². The molecule has 1 rings (SSSR count). The molecule has 0 heterocycles. The van der Waals surface area contributed by atoms with Gasteiger partial charge in [-0.05, 0) is 24.0 Å². The summed E-state index contributed by atoms with van der Waals surface area (Å²) >= 11 is 0. The number of hydrogen-bond acceptors (Lipinski definition) is 1. The zero-order chi connectivity index (χ0) is 9.14. The van der Waals surface area contributed by atoms with Crippen LogP contribution in [-0.2, 0) is 6.42 Å². The van der Waals surface area contributed by atoms with Crippen LogP contribution in [0.3, 0.4) is 0 Å². The van der Waals surface area contributed by atoms with Crippen molar-refractivity contribution in [2.75, 3.05) is 0 Å². The van der Waals surface area contributed by atoms with Crippen molar-refractivity contribution in [2.45, 2.75) is 20.3 Å². The molecule has 0 aromatic heterocycles. The Kier molecular flexibility index (Phi) is 2.69. The number of rotatable bonds is 2. The molecule has 0 spiro atoms. The van der Waals surface area contributed by atoms with Crippen LogP contribution < -0.4 is 0 Å². The summed E-state index contributed by atoms with van der Waals surface area (Å²) in [5, 5.41) is 9.27. The van der Waals surface area contributed by atoms with Crippen molar-refractivity contribution < 1.29 is 9.50 Å². The minimum Gasteiger partial charge on any atom is -0.505 e. The van der Waals surface area contributed by atoms with Crippen LogP contribution in [0.25, 0.3) is 0 Å². The Morgan fingerprint density at radius 3 is 2.67 bits per heavy atom. The average molecular weight is 168 g/mol. The Morgan fingerprint density at radius 1 is 1.42 bits per heavy atom. The molecule has 0 bridgehead atoms. The zero-order valence-electron chi connectivity index (χ0n) is 7.34. The maximum Gasteiger partial charge on any atom is 0.165 e. The second-order valence-electron chi connectivity index (χ2n) is 3.35. The monoisotopic (exact) mass is 168 g/mol. The molecule has 0 atom stereocenters. The number of para-hydroxylation sites is 1. The van der Waals surface area contributed by atoms with E-state index in [1.54, 1.807) is 12.1 Å². The van der Waals surface area contributed by atoms with Gasteiger partial charge in [-0.15, -0.1) is 0 Å². The van der Waals surface area contributed by atoms with Crippen molar-refractivity contribution in [3.05, 3.63) is 29.6 Å². The molecule has 0 fully saturated rings. The largest absolute Gasteiger partial charge is 0.505 e. The first-order chi connectivity index (χ1) is 5.61. The Labute approximate surface area is 71.9 Å². The molecule has 2 heteroatoms. The molecule has 0 unspecified atom stereocenters. The van der Waals surface area contributed by atoms with Crippen LogP contribution in [-0.4, -0.2) is 5.11 Å². The molecule has 1 N–H and O–H groups in total. The number of hydrogen-bond donors (Lipinski definition) is 1. The van der Waals surface area contributed by atoms with Gasteiger partial charge in [-0.1, -0.05) is 26.0 Å². The first-order valence-electron chi connectivity index (χ1n) is 4.07. The lowest BCUT2D eigenvalue weighted by molar-refractivity contribution is 0.422. The Balaban J connectivity index is 2.92. The number of benzene rings is 1. The molecule has 0 aliphatic carbocycles. The third kappa shape index (κ3) is 1.97. The lowest BCUT2D eigenvalue weighted by Crippen LogP contribution is -1.95. The highest BCUT2D eigenvalue weighted by molar-refractivity contribution is 5.33. The average Bonchev–Trinajstić information content (AvgIpc) is 1.98. The summed E-state index contributed by atoms with van der Waals surface area (Å²) in [6.45, 7) is 4.06. The molecule has 0 saturated heterocycles.